The molecule has 3 aromatic rings. The van der Waals surface area contributed by atoms with Gasteiger partial charge < -0.3 is 16.0 Å². The van der Waals surface area contributed by atoms with Crippen LogP contribution in [0.3, 0.4) is 0 Å². The van der Waals surface area contributed by atoms with Crippen LogP contribution in [0.25, 0.3) is 11.3 Å². The van der Waals surface area contributed by atoms with Gasteiger partial charge in [0.05, 0.1) is 10.7 Å². The standard InChI is InChI=1S/C25H29ClFN5/c1-28-14-17-8-10-20(11-9-17)31-25-13-21(22(26)16-30-25)23-6-3-7-24(32-23)29-15-18-4-2-5-19(27)12-18/h2-7,12-13,16-17,20,28H,8-11,14-15H2,1H3,(H,29,32)(H,30,31)/t17-,20-. The van der Waals surface area contributed by atoms with Crippen molar-refractivity contribution in [3.05, 3.63) is 71.1 Å². The zero-order valence-corrected chi connectivity index (χ0v) is 19.0. The molecule has 1 aliphatic carbocycles. The highest BCUT2D eigenvalue weighted by Crippen LogP contribution is 2.31. The molecule has 0 aliphatic heterocycles. The van der Waals surface area contributed by atoms with Crippen molar-refractivity contribution < 1.29 is 4.39 Å². The lowest BCUT2D eigenvalue weighted by molar-refractivity contribution is 0.331. The summed E-state index contributed by atoms with van der Waals surface area (Å²) in [5.41, 5.74) is 2.46. The molecular weight excluding hydrogens is 425 g/mol. The van der Waals surface area contributed by atoms with E-state index < -0.39 is 0 Å². The molecule has 5 nitrogen and oxygen atoms in total. The van der Waals surface area contributed by atoms with Crippen LogP contribution in [0, 0.1) is 11.7 Å². The number of nitrogens with one attached hydrogen (secondary N) is 3. The Morgan fingerprint density at radius 3 is 2.62 bits per heavy atom. The highest BCUT2D eigenvalue weighted by Gasteiger charge is 2.21. The largest absolute Gasteiger partial charge is 0.367 e. The van der Waals surface area contributed by atoms with Gasteiger partial charge in [-0.3, -0.25) is 0 Å². The summed E-state index contributed by atoms with van der Waals surface area (Å²) >= 11 is 6.47. The molecule has 0 unspecified atom stereocenters. The van der Waals surface area contributed by atoms with Crippen LogP contribution in [0.4, 0.5) is 16.0 Å². The second-order valence-electron chi connectivity index (χ2n) is 8.36. The highest BCUT2D eigenvalue weighted by atomic mass is 35.5. The zero-order chi connectivity index (χ0) is 22.3. The summed E-state index contributed by atoms with van der Waals surface area (Å²) in [6.45, 7) is 1.58. The van der Waals surface area contributed by atoms with Crippen molar-refractivity contribution in [3.63, 3.8) is 0 Å². The van der Waals surface area contributed by atoms with Gasteiger partial charge in [-0.05, 0) is 81.1 Å². The Labute approximate surface area is 193 Å². The van der Waals surface area contributed by atoms with E-state index in [1.807, 2.05) is 37.4 Å². The Bertz CT molecular complexity index is 1040. The summed E-state index contributed by atoms with van der Waals surface area (Å²) in [7, 11) is 2.02. The minimum absolute atomic E-state index is 0.245. The number of hydrogen-bond donors (Lipinski definition) is 3. The lowest BCUT2D eigenvalue weighted by Gasteiger charge is -2.29. The van der Waals surface area contributed by atoms with Gasteiger partial charge in [-0.2, -0.15) is 0 Å². The molecular formula is C25H29ClFN5. The van der Waals surface area contributed by atoms with Crippen molar-refractivity contribution in [3.8, 4) is 11.3 Å². The number of aromatic nitrogens is 2. The topological polar surface area (TPSA) is 61.9 Å². The molecule has 1 aromatic carbocycles. The van der Waals surface area contributed by atoms with Crippen molar-refractivity contribution >= 4 is 23.2 Å². The molecule has 2 heterocycles. The minimum Gasteiger partial charge on any atom is -0.367 e. The first-order valence-corrected chi connectivity index (χ1v) is 11.5. The van der Waals surface area contributed by atoms with Crippen LogP contribution in [0.1, 0.15) is 31.2 Å². The Morgan fingerprint density at radius 2 is 1.84 bits per heavy atom. The van der Waals surface area contributed by atoms with Gasteiger partial charge in [0.2, 0.25) is 0 Å². The molecule has 2 aromatic heterocycles. The van der Waals surface area contributed by atoms with Gasteiger partial charge in [0.1, 0.15) is 17.5 Å². The second kappa shape index (κ2) is 10.7. The summed E-state index contributed by atoms with van der Waals surface area (Å²) in [6.07, 6.45) is 6.41. The van der Waals surface area contributed by atoms with Crippen LogP contribution in [0.2, 0.25) is 5.02 Å². The van der Waals surface area contributed by atoms with Crippen molar-refractivity contribution in [1.82, 2.24) is 15.3 Å². The molecule has 0 bridgehead atoms. The summed E-state index contributed by atoms with van der Waals surface area (Å²) in [6, 6.07) is 14.7. The third-order valence-electron chi connectivity index (χ3n) is 5.93. The second-order valence-corrected chi connectivity index (χ2v) is 8.77. The maximum absolute atomic E-state index is 13.4. The summed E-state index contributed by atoms with van der Waals surface area (Å²) in [5, 5.41) is 10.7. The minimum atomic E-state index is -0.245. The average Bonchev–Trinajstić information content (AvgIpc) is 2.81. The molecule has 4 rings (SSSR count). The van der Waals surface area contributed by atoms with E-state index in [2.05, 4.69) is 20.9 Å². The van der Waals surface area contributed by atoms with Crippen molar-refractivity contribution in [2.45, 2.75) is 38.3 Å². The van der Waals surface area contributed by atoms with Crippen molar-refractivity contribution in [2.75, 3.05) is 24.2 Å². The number of benzene rings is 1. The van der Waals surface area contributed by atoms with E-state index >= 15 is 0 Å². The smallest absolute Gasteiger partial charge is 0.126 e. The van der Waals surface area contributed by atoms with Crippen LogP contribution in [0.5, 0.6) is 0 Å². The fourth-order valence-corrected chi connectivity index (χ4v) is 4.45. The van der Waals surface area contributed by atoms with Gasteiger partial charge in [0.25, 0.3) is 0 Å². The fraction of sp³-hybridized carbons (Fsp3) is 0.360. The van der Waals surface area contributed by atoms with Gasteiger partial charge >= 0.3 is 0 Å². The van der Waals surface area contributed by atoms with E-state index in [-0.39, 0.29) is 5.82 Å². The SMILES string of the molecule is CNC[C@H]1CC[C@H](Nc2cc(-c3cccc(NCc4cccc(F)c4)n3)c(Cl)cn2)CC1. The Kier molecular flexibility index (Phi) is 7.55. The molecule has 0 atom stereocenters. The van der Waals surface area contributed by atoms with Crippen LogP contribution in [-0.4, -0.2) is 29.6 Å². The van der Waals surface area contributed by atoms with Gasteiger partial charge in [-0.15, -0.1) is 0 Å². The van der Waals surface area contributed by atoms with Crippen LogP contribution in [-0.2, 0) is 6.54 Å². The Morgan fingerprint density at radius 1 is 1.03 bits per heavy atom. The predicted molar refractivity (Wildman–Crippen MR) is 130 cm³/mol. The van der Waals surface area contributed by atoms with Crippen LogP contribution < -0.4 is 16.0 Å². The van der Waals surface area contributed by atoms with Crippen LogP contribution in [0.15, 0.2) is 54.7 Å². The Hall–Kier alpha value is -2.70. The molecule has 0 saturated heterocycles. The number of hydrogen-bond acceptors (Lipinski definition) is 5. The summed E-state index contributed by atoms with van der Waals surface area (Å²) < 4.78 is 13.4. The van der Waals surface area contributed by atoms with Crippen LogP contribution >= 0.6 is 11.6 Å². The van der Waals surface area contributed by atoms with E-state index in [9.17, 15) is 4.39 Å². The van der Waals surface area contributed by atoms with E-state index in [4.69, 9.17) is 16.6 Å². The highest BCUT2D eigenvalue weighted by molar-refractivity contribution is 6.33. The maximum Gasteiger partial charge on any atom is 0.126 e. The normalized spacial score (nSPS) is 18.3. The quantitative estimate of drug-likeness (QED) is 0.406. The first-order valence-electron chi connectivity index (χ1n) is 11.1. The number of halogens is 2. The number of pyridine rings is 2. The lowest BCUT2D eigenvalue weighted by atomic mass is 9.86. The fourth-order valence-electron chi connectivity index (χ4n) is 4.25. The number of nitrogens with zero attached hydrogens (tertiary/aromatic N) is 2. The third-order valence-corrected chi connectivity index (χ3v) is 6.24. The molecule has 1 saturated carbocycles. The molecule has 1 aliphatic rings. The monoisotopic (exact) mass is 453 g/mol. The van der Waals surface area contributed by atoms with Gasteiger partial charge in [-0.1, -0.05) is 29.8 Å². The van der Waals surface area contributed by atoms with Gasteiger partial charge in [0.15, 0.2) is 0 Å². The maximum atomic E-state index is 13.4. The Balaban J connectivity index is 1.43. The molecule has 0 amide bonds. The molecule has 32 heavy (non-hydrogen) atoms. The first kappa shape index (κ1) is 22.5. The summed E-state index contributed by atoms with van der Waals surface area (Å²) in [5.74, 6) is 2.04. The van der Waals surface area contributed by atoms with Gasteiger partial charge in [0, 0.05) is 24.3 Å². The predicted octanol–water partition coefficient (Wildman–Crippen LogP) is 5.74. The summed E-state index contributed by atoms with van der Waals surface area (Å²) in [4.78, 5) is 9.19. The lowest BCUT2D eigenvalue weighted by Crippen LogP contribution is -2.30. The van der Waals surface area contributed by atoms with Crippen molar-refractivity contribution in [1.29, 1.82) is 0 Å². The average molecular weight is 454 g/mol. The number of rotatable bonds is 8. The molecule has 1 fully saturated rings. The molecule has 0 spiro atoms. The van der Waals surface area contributed by atoms with Gasteiger partial charge in [-0.25, -0.2) is 14.4 Å². The van der Waals surface area contributed by atoms with Crippen molar-refractivity contribution in [2.24, 2.45) is 5.92 Å². The first-order chi connectivity index (χ1) is 15.6. The van der Waals surface area contributed by atoms with E-state index in [0.717, 1.165) is 47.9 Å². The molecule has 0 radical (unpaired) electrons. The van der Waals surface area contributed by atoms with E-state index in [0.29, 0.717) is 23.4 Å². The zero-order valence-electron chi connectivity index (χ0n) is 18.2. The van der Waals surface area contributed by atoms with E-state index in [1.165, 1.54) is 25.0 Å². The third kappa shape index (κ3) is 5.96. The molecule has 168 valence electrons. The van der Waals surface area contributed by atoms with E-state index in [1.54, 1.807) is 12.3 Å². The number of anilines is 2. The molecule has 7 heteroatoms. The molecule has 3 N–H and O–H groups in total.